The van der Waals surface area contributed by atoms with E-state index in [0.717, 1.165) is 33.4 Å². The highest BCUT2D eigenvalue weighted by atomic mass is 32.1. The quantitative estimate of drug-likeness (QED) is 0.177. The summed E-state index contributed by atoms with van der Waals surface area (Å²) >= 11 is 1.88. The monoisotopic (exact) mass is 730 g/mol. The Kier molecular flexibility index (Phi) is 6.76. The molecule has 8 aromatic carbocycles. The molecule has 0 aliphatic rings. The van der Waals surface area contributed by atoms with Gasteiger partial charge in [0.2, 0.25) is 0 Å². The molecule has 56 heavy (non-hydrogen) atoms. The number of benzene rings is 8. The van der Waals surface area contributed by atoms with Crippen LogP contribution in [0.5, 0.6) is 0 Å². The number of para-hydroxylation sites is 2. The van der Waals surface area contributed by atoms with Crippen molar-refractivity contribution in [2.45, 2.75) is 0 Å². The van der Waals surface area contributed by atoms with E-state index in [2.05, 4.69) is 162 Å². The number of hydrogen-bond acceptors (Lipinski definition) is 4. The summed E-state index contributed by atoms with van der Waals surface area (Å²) in [5.74, 6) is 1.94. The Balaban J connectivity index is 1.01. The van der Waals surface area contributed by atoms with E-state index in [-0.39, 0.29) is 0 Å². The van der Waals surface area contributed by atoms with Gasteiger partial charge in [0.15, 0.2) is 17.5 Å². The summed E-state index contributed by atoms with van der Waals surface area (Å²) in [4.78, 5) is 15.1. The molecule has 0 fully saturated rings. The largest absolute Gasteiger partial charge is 0.308 e. The third-order valence-corrected chi connectivity index (χ3v) is 12.3. The van der Waals surface area contributed by atoms with Crippen LogP contribution in [0.1, 0.15) is 0 Å². The Morgan fingerprint density at radius 2 is 0.839 bits per heavy atom. The van der Waals surface area contributed by atoms with Crippen molar-refractivity contribution in [3.8, 4) is 56.4 Å². The summed E-state index contributed by atoms with van der Waals surface area (Å²) < 4.78 is 5.07. The molecule has 0 radical (unpaired) electrons. The fourth-order valence-electron chi connectivity index (χ4n) is 8.59. The van der Waals surface area contributed by atoms with E-state index in [4.69, 9.17) is 15.0 Å². The first-order valence-electron chi connectivity index (χ1n) is 18.9. The zero-order chi connectivity index (χ0) is 36.7. The molecule has 0 aliphatic carbocycles. The number of rotatable bonds is 5. The highest BCUT2D eigenvalue weighted by Gasteiger charge is 2.22. The lowest BCUT2D eigenvalue weighted by atomic mass is 9.98. The van der Waals surface area contributed by atoms with Gasteiger partial charge in [0.1, 0.15) is 0 Å². The van der Waals surface area contributed by atoms with E-state index < -0.39 is 0 Å². The summed E-state index contributed by atoms with van der Waals surface area (Å²) in [5.41, 5.74) is 11.3. The Labute approximate surface area is 326 Å². The minimum absolute atomic E-state index is 0.643. The summed E-state index contributed by atoms with van der Waals surface area (Å²) in [6, 6.07) is 64.7. The van der Waals surface area contributed by atoms with Crippen LogP contribution in [0.25, 0.3) is 115 Å². The van der Waals surface area contributed by atoms with E-state index in [1.807, 2.05) is 35.6 Å². The topological polar surface area (TPSA) is 43.1 Å². The Bertz CT molecular complexity index is 3460. The van der Waals surface area contributed by atoms with Crippen molar-refractivity contribution in [3.05, 3.63) is 182 Å². The second kappa shape index (κ2) is 12.2. The first kappa shape index (κ1) is 31.2. The number of hydrogen-bond donors (Lipinski definition) is 0. The van der Waals surface area contributed by atoms with Crippen molar-refractivity contribution in [2.75, 3.05) is 0 Å². The van der Waals surface area contributed by atoms with E-state index in [0.29, 0.717) is 17.5 Å². The van der Waals surface area contributed by atoms with Gasteiger partial charge in [-0.25, -0.2) is 15.0 Å². The fourth-order valence-corrected chi connectivity index (χ4v) is 9.72. The molecule has 260 valence electrons. The van der Waals surface area contributed by atoms with Crippen LogP contribution >= 0.6 is 11.3 Å². The lowest BCUT2D eigenvalue weighted by molar-refractivity contribution is 1.07. The Morgan fingerprint density at radius 1 is 0.321 bits per heavy atom. The first-order chi connectivity index (χ1) is 27.7. The normalized spacial score (nSPS) is 11.9. The summed E-state index contributed by atoms with van der Waals surface area (Å²) in [6.45, 7) is 0. The minimum atomic E-state index is 0.643. The number of fused-ring (bicyclic) bond motifs is 10. The molecule has 0 N–H and O–H groups in total. The summed E-state index contributed by atoms with van der Waals surface area (Å²) in [6.07, 6.45) is 0. The molecular formula is C51H30N4S. The number of aromatic nitrogens is 4. The predicted octanol–water partition coefficient (Wildman–Crippen LogP) is 13.7. The van der Waals surface area contributed by atoms with Crippen LogP contribution in [-0.2, 0) is 0 Å². The Morgan fingerprint density at radius 3 is 1.59 bits per heavy atom. The minimum Gasteiger partial charge on any atom is -0.308 e. The highest BCUT2D eigenvalue weighted by Crippen LogP contribution is 2.48. The van der Waals surface area contributed by atoms with Gasteiger partial charge in [0, 0.05) is 58.4 Å². The summed E-state index contributed by atoms with van der Waals surface area (Å²) in [5, 5.41) is 7.87. The summed E-state index contributed by atoms with van der Waals surface area (Å²) in [7, 11) is 0. The van der Waals surface area contributed by atoms with Crippen molar-refractivity contribution in [1.29, 1.82) is 0 Å². The van der Waals surface area contributed by atoms with Gasteiger partial charge in [0.25, 0.3) is 0 Å². The van der Waals surface area contributed by atoms with E-state index >= 15 is 0 Å². The van der Waals surface area contributed by atoms with E-state index in [1.165, 1.54) is 63.8 Å². The third-order valence-electron chi connectivity index (χ3n) is 11.2. The SMILES string of the molecule is c1ccc(-c2ccc(-c3nc(-c4ccccc4)nc(-c4cccc(-c5ccc6sc7cc8c9ccccc9n9c%10ccccc%10c(c7c6c5)c89)c4)n3)cc2)cc1. The van der Waals surface area contributed by atoms with Gasteiger partial charge >= 0.3 is 0 Å². The zero-order valence-electron chi connectivity index (χ0n) is 30.0. The van der Waals surface area contributed by atoms with Gasteiger partial charge < -0.3 is 4.40 Å². The van der Waals surface area contributed by atoms with Crippen molar-refractivity contribution in [1.82, 2.24) is 19.4 Å². The zero-order valence-corrected chi connectivity index (χ0v) is 30.8. The van der Waals surface area contributed by atoms with Crippen molar-refractivity contribution in [2.24, 2.45) is 0 Å². The second-order valence-corrected chi connectivity index (χ2v) is 15.5. The van der Waals surface area contributed by atoms with Crippen LogP contribution in [0.3, 0.4) is 0 Å². The van der Waals surface area contributed by atoms with Gasteiger partial charge in [-0.05, 0) is 58.7 Å². The average Bonchev–Trinajstić information content (AvgIpc) is 3.93. The lowest BCUT2D eigenvalue weighted by Gasteiger charge is -2.10. The molecule has 4 aromatic heterocycles. The molecule has 12 aromatic rings. The van der Waals surface area contributed by atoms with Gasteiger partial charge in [-0.15, -0.1) is 11.3 Å². The van der Waals surface area contributed by atoms with E-state index in [1.54, 1.807) is 0 Å². The lowest BCUT2D eigenvalue weighted by Crippen LogP contribution is -2.00. The Hall–Kier alpha value is -7.21. The predicted molar refractivity (Wildman–Crippen MR) is 235 cm³/mol. The molecule has 4 nitrogen and oxygen atoms in total. The molecule has 12 rings (SSSR count). The molecule has 0 unspecified atom stereocenters. The molecule has 0 aliphatic heterocycles. The van der Waals surface area contributed by atoms with Crippen molar-refractivity contribution in [3.63, 3.8) is 0 Å². The first-order valence-corrected chi connectivity index (χ1v) is 19.7. The molecule has 4 heterocycles. The van der Waals surface area contributed by atoms with Gasteiger partial charge in [-0.1, -0.05) is 146 Å². The second-order valence-electron chi connectivity index (χ2n) is 14.4. The molecule has 0 spiro atoms. The van der Waals surface area contributed by atoms with Crippen molar-refractivity contribution < 1.29 is 0 Å². The molecule has 0 saturated heterocycles. The molecule has 0 bridgehead atoms. The number of nitrogens with zero attached hydrogens (tertiary/aromatic N) is 4. The molecular weight excluding hydrogens is 701 g/mol. The van der Waals surface area contributed by atoms with Crippen LogP contribution in [0.15, 0.2) is 182 Å². The van der Waals surface area contributed by atoms with Crippen LogP contribution in [-0.4, -0.2) is 19.4 Å². The smallest absolute Gasteiger partial charge is 0.164 e. The van der Waals surface area contributed by atoms with Gasteiger partial charge in [-0.3, -0.25) is 0 Å². The maximum atomic E-state index is 5.09. The van der Waals surface area contributed by atoms with Crippen LogP contribution in [0, 0.1) is 0 Å². The molecule has 5 heteroatoms. The highest BCUT2D eigenvalue weighted by molar-refractivity contribution is 7.26. The molecule has 0 saturated carbocycles. The van der Waals surface area contributed by atoms with Crippen LogP contribution in [0.2, 0.25) is 0 Å². The standard InChI is InChI=1S/C51H30N4S/c1-3-12-31(13-4-1)32-22-24-34(25-23-32)50-52-49(33-14-5-2-6-15-33)53-51(54-50)37-17-11-16-35(28-37)36-26-27-44-41(29-36)46-45(56-44)30-40-38-18-7-9-20-42(38)55-43-21-10-8-19-39(43)47(46)48(40)55/h1-30H. The third kappa shape index (κ3) is 4.75. The van der Waals surface area contributed by atoms with E-state index in [9.17, 15) is 0 Å². The van der Waals surface area contributed by atoms with Gasteiger partial charge in [0.05, 0.1) is 16.6 Å². The maximum Gasteiger partial charge on any atom is 0.164 e. The van der Waals surface area contributed by atoms with Crippen molar-refractivity contribution >= 4 is 69.6 Å². The molecule has 0 amide bonds. The van der Waals surface area contributed by atoms with Gasteiger partial charge in [-0.2, -0.15) is 0 Å². The fraction of sp³-hybridized carbons (Fsp3) is 0. The maximum absolute atomic E-state index is 5.09. The number of thiophene rings is 1. The average molecular weight is 731 g/mol. The van der Waals surface area contributed by atoms with Crippen LogP contribution < -0.4 is 0 Å². The molecule has 0 atom stereocenters. The van der Waals surface area contributed by atoms with Crippen LogP contribution in [0.4, 0.5) is 0 Å².